The van der Waals surface area contributed by atoms with Crippen molar-refractivity contribution in [2.45, 2.75) is 38.2 Å². The first-order valence-corrected chi connectivity index (χ1v) is 7.69. The van der Waals surface area contributed by atoms with Crippen LogP contribution in [0.25, 0.3) is 0 Å². The maximum Gasteiger partial charge on any atom is 0.223 e. The average molecular weight is 291 g/mol. The van der Waals surface area contributed by atoms with Gasteiger partial charge in [0.15, 0.2) is 0 Å². The Morgan fingerprint density at radius 2 is 1.95 bits per heavy atom. The fourth-order valence-electron chi connectivity index (χ4n) is 2.96. The van der Waals surface area contributed by atoms with Gasteiger partial charge in [-0.2, -0.15) is 0 Å². The van der Waals surface area contributed by atoms with Gasteiger partial charge in [0, 0.05) is 25.1 Å². The van der Waals surface area contributed by atoms with Crippen LogP contribution in [0.5, 0.6) is 5.75 Å². The Hall–Kier alpha value is -1.55. The van der Waals surface area contributed by atoms with Crippen LogP contribution in [-0.2, 0) is 9.53 Å². The van der Waals surface area contributed by atoms with E-state index < -0.39 is 0 Å². The Morgan fingerprint density at radius 1 is 1.24 bits per heavy atom. The van der Waals surface area contributed by atoms with Crippen LogP contribution in [0.1, 0.15) is 43.8 Å². The number of hydrogen-bond donors (Lipinski definition) is 1. The van der Waals surface area contributed by atoms with E-state index in [0.29, 0.717) is 6.54 Å². The van der Waals surface area contributed by atoms with Crippen LogP contribution in [0.3, 0.4) is 0 Å². The van der Waals surface area contributed by atoms with Crippen LogP contribution in [0, 0.1) is 5.92 Å². The lowest BCUT2D eigenvalue weighted by atomic mass is 9.88. The fraction of sp³-hybridized carbons (Fsp3) is 0.588. The molecular formula is C17H25NO3. The lowest BCUT2D eigenvalue weighted by molar-refractivity contribution is -0.126. The summed E-state index contributed by atoms with van der Waals surface area (Å²) in [5, 5.41) is 3.03. The Balaban J connectivity index is 1.94. The minimum Gasteiger partial charge on any atom is -0.496 e. The number of para-hydroxylation sites is 1. The van der Waals surface area contributed by atoms with Crippen molar-refractivity contribution in [2.24, 2.45) is 5.92 Å². The van der Waals surface area contributed by atoms with Gasteiger partial charge in [-0.05, 0) is 18.9 Å². The summed E-state index contributed by atoms with van der Waals surface area (Å²) in [4.78, 5) is 12.2. The third kappa shape index (κ3) is 4.21. The number of carbonyl (C=O) groups is 1. The fourth-order valence-corrected chi connectivity index (χ4v) is 2.96. The van der Waals surface area contributed by atoms with Crippen molar-refractivity contribution in [2.75, 3.05) is 20.8 Å². The maximum atomic E-state index is 12.2. The lowest BCUT2D eigenvalue weighted by Crippen LogP contribution is -2.35. The molecule has 0 bridgehead atoms. The quantitative estimate of drug-likeness (QED) is 0.876. The van der Waals surface area contributed by atoms with Gasteiger partial charge < -0.3 is 14.8 Å². The molecule has 2 rings (SSSR count). The van der Waals surface area contributed by atoms with Gasteiger partial charge in [0.1, 0.15) is 11.9 Å². The van der Waals surface area contributed by atoms with E-state index in [0.717, 1.165) is 37.0 Å². The van der Waals surface area contributed by atoms with E-state index >= 15 is 0 Å². The summed E-state index contributed by atoms with van der Waals surface area (Å²) in [5.41, 5.74) is 0.964. The average Bonchev–Trinajstić information content (AvgIpc) is 2.56. The SMILES string of the molecule is COc1ccccc1C(CNC(=O)C1CCCCC1)OC. The Bertz CT molecular complexity index is 455. The highest BCUT2D eigenvalue weighted by molar-refractivity contribution is 5.78. The third-order valence-electron chi connectivity index (χ3n) is 4.21. The number of ether oxygens (including phenoxy) is 2. The van der Waals surface area contributed by atoms with Gasteiger partial charge in [0.25, 0.3) is 0 Å². The molecular weight excluding hydrogens is 266 g/mol. The number of benzene rings is 1. The van der Waals surface area contributed by atoms with Gasteiger partial charge in [-0.3, -0.25) is 4.79 Å². The van der Waals surface area contributed by atoms with Crippen molar-refractivity contribution in [3.63, 3.8) is 0 Å². The normalized spacial score (nSPS) is 17.2. The molecule has 1 aliphatic rings. The zero-order chi connectivity index (χ0) is 15.1. The van der Waals surface area contributed by atoms with Crippen LogP contribution in [0.2, 0.25) is 0 Å². The van der Waals surface area contributed by atoms with Gasteiger partial charge in [0.2, 0.25) is 5.91 Å². The minimum absolute atomic E-state index is 0.159. The summed E-state index contributed by atoms with van der Waals surface area (Å²) < 4.78 is 10.9. The highest BCUT2D eigenvalue weighted by Crippen LogP contribution is 2.27. The van der Waals surface area contributed by atoms with Crippen molar-refractivity contribution in [3.8, 4) is 5.75 Å². The molecule has 1 aliphatic carbocycles. The second-order valence-corrected chi connectivity index (χ2v) is 5.55. The first kappa shape index (κ1) is 15.8. The van der Waals surface area contributed by atoms with Crippen molar-refractivity contribution >= 4 is 5.91 Å². The summed E-state index contributed by atoms with van der Waals surface area (Å²) in [6.07, 6.45) is 5.42. The van der Waals surface area contributed by atoms with Crippen LogP contribution in [0.15, 0.2) is 24.3 Å². The summed E-state index contributed by atoms with van der Waals surface area (Å²) >= 11 is 0. The van der Waals surface area contributed by atoms with Crippen molar-refractivity contribution in [3.05, 3.63) is 29.8 Å². The highest BCUT2D eigenvalue weighted by atomic mass is 16.5. The first-order chi connectivity index (χ1) is 10.3. The minimum atomic E-state index is -0.186. The molecule has 1 amide bonds. The van der Waals surface area contributed by atoms with Crippen molar-refractivity contribution < 1.29 is 14.3 Å². The summed E-state index contributed by atoms with van der Waals surface area (Å²) in [6, 6.07) is 7.76. The Morgan fingerprint density at radius 3 is 2.62 bits per heavy atom. The summed E-state index contributed by atoms with van der Waals surface area (Å²) in [7, 11) is 3.30. The monoisotopic (exact) mass is 291 g/mol. The second-order valence-electron chi connectivity index (χ2n) is 5.55. The maximum absolute atomic E-state index is 12.2. The molecule has 0 aliphatic heterocycles. The molecule has 4 heteroatoms. The molecule has 0 spiro atoms. The van der Waals surface area contributed by atoms with E-state index in [-0.39, 0.29) is 17.9 Å². The summed E-state index contributed by atoms with van der Waals surface area (Å²) in [5.74, 6) is 1.12. The number of carbonyl (C=O) groups excluding carboxylic acids is 1. The molecule has 0 radical (unpaired) electrons. The van der Waals surface area contributed by atoms with Gasteiger partial charge >= 0.3 is 0 Å². The van der Waals surface area contributed by atoms with E-state index in [1.165, 1.54) is 6.42 Å². The van der Waals surface area contributed by atoms with E-state index in [4.69, 9.17) is 9.47 Å². The largest absolute Gasteiger partial charge is 0.496 e. The predicted octanol–water partition coefficient (Wildman–Crippen LogP) is 3.08. The molecule has 21 heavy (non-hydrogen) atoms. The lowest BCUT2D eigenvalue weighted by Gasteiger charge is -2.23. The molecule has 1 unspecified atom stereocenters. The van der Waals surface area contributed by atoms with Gasteiger partial charge in [-0.1, -0.05) is 37.5 Å². The van der Waals surface area contributed by atoms with Crippen LogP contribution in [0.4, 0.5) is 0 Å². The number of amides is 1. The molecule has 1 atom stereocenters. The number of methoxy groups -OCH3 is 2. The van der Waals surface area contributed by atoms with Gasteiger partial charge in [-0.25, -0.2) is 0 Å². The Labute approximate surface area is 126 Å². The number of nitrogens with one attached hydrogen (secondary N) is 1. The van der Waals surface area contributed by atoms with Crippen LogP contribution >= 0.6 is 0 Å². The molecule has 0 saturated heterocycles. The van der Waals surface area contributed by atoms with E-state index in [2.05, 4.69) is 5.32 Å². The zero-order valence-corrected chi connectivity index (χ0v) is 12.9. The highest BCUT2D eigenvalue weighted by Gasteiger charge is 2.22. The molecule has 0 aromatic heterocycles. The molecule has 1 saturated carbocycles. The van der Waals surface area contributed by atoms with Crippen LogP contribution < -0.4 is 10.1 Å². The molecule has 0 heterocycles. The molecule has 4 nitrogen and oxygen atoms in total. The summed E-state index contributed by atoms with van der Waals surface area (Å²) in [6.45, 7) is 0.478. The van der Waals surface area contributed by atoms with Crippen molar-refractivity contribution in [1.29, 1.82) is 0 Å². The molecule has 1 aromatic rings. The molecule has 116 valence electrons. The third-order valence-corrected chi connectivity index (χ3v) is 4.21. The van der Waals surface area contributed by atoms with E-state index in [9.17, 15) is 4.79 Å². The second kappa shape index (κ2) is 8.03. The number of rotatable bonds is 6. The molecule has 1 fully saturated rings. The Kier molecular flexibility index (Phi) is 6.05. The number of hydrogen-bond acceptors (Lipinski definition) is 3. The topological polar surface area (TPSA) is 47.6 Å². The first-order valence-electron chi connectivity index (χ1n) is 7.69. The smallest absolute Gasteiger partial charge is 0.223 e. The van der Waals surface area contributed by atoms with Gasteiger partial charge in [-0.15, -0.1) is 0 Å². The standard InChI is InChI=1S/C17H25NO3/c1-20-15-11-7-6-10-14(15)16(21-2)12-18-17(19)13-8-4-3-5-9-13/h6-7,10-11,13,16H,3-5,8-9,12H2,1-2H3,(H,18,19). The molecule has 1 aromatic carbocycles. The van der Waals surface area contributed by atoms with Crippen LogP contribution in [-0.4, -0.2) is 26.7 Å². The van der Waals surface area contributed by atoms with Crippen molar-refractivity contribution in [1.82, 2.24) is 5.32 Å². The van der Waals surface area contributed by atoms with E-state index in [1.54, 1.807) is 14.2 Å². The zero-order valence-electron chi connectivity index (χ0n) is 12.9. The van der Waals surface area contributed by atoms with E-state index in [1.807, 2.05) is 24.3 Å². The predicted molar refractivity (Wildman–Crippen MR) is 82.3 cm³/mol. The van der Waals surface area contributed by atoms with Gasteiger partial charge in [0.05, 0.1) is 7.11 Å². The molecule has 1 N–H and O–H groups in total.